The molecule has 12 heteroatoms. The average Bonchev–Trinajstić information content (AvgIpc) is 2.97. The van der Waals surface area contributed by atoms with Crippen LogP contribution in [-0.4, -0.2) is 56.7 Å². The number of carbonyl (C=O) groups is 2. The van der Waals surface area contributed by atoms with Crippen molar-refractivity contribution in [3.8, 4) is 0 Å². The molecule has 0 aliphatic carbocycles. The van der Waals surface area contributed by atoms with Crippen LogP contribution in [0.4, 0.5) is 5.13 Å². The molecule has 0 saturated carbocycles. The third-order valence-corrected chi connectivity index (χ3v) is 5.01. The van der Waals surface area contributed by atoms with Gasteiger partial charge >= 0.3 is 5.97 Å². The highest BCUT2D eigenvalue weighted by atomic mass is 32.2. The Balaban J connectivity index is 2.03. The first-order chi connectivity index (χ1) is 11.4. The normalized spacial score (nSPS) is 20.7. The van der Waals surface area contributed by atoms with Crippen molar-refractivity contribution in [1.29, 1.82) is 0 Å². The predicted octanol–water partition coefficient (Wildman–Crippen LogP) is -1.16. The van der Waals surface area contributed by atoms with E-state index < -0.39 is 28.0 Å². The maximum absolute atomic E-state index is 12.3. The summed E-state index contributed by atoms with van der Waals surface area (Å²) in [5.74, 6) is -1.66. The lowest BCUT2D eigenvalue weighted by molar-refractivity contribution is -0.133. The molecule has 1 aromatic heterocycles. The van der Waals surface area contributed by atoms with Crippen LogP contribution in [0.1, 0.15) is 5.69 Å². The van der Waals surface area contributed by atoms with Gasteiger partial charge in [-0.1, -0.05) is 5.16 Å². The Labute approximate surface area is 143 Å². The Kier molecular flexibility index (Phi) is 5.87. The number of nitrogens with two attached hydrogens (primary N) is 1. The van der Waals surface area contributed by atoms with Crippen LogP contribution in [-0.2, 0) is 25.2 Å². The van der Waals surface area contributed by atoms with E-state index in [0.717, 1.165) is 11.3 Å². The highest BCUT2D eigenvalue weighted by Crippen LogP contribution is 2.12. The number of nitrogen functional groups attached to an aromatic ring is 1. The zero-order valence-electron chi connectivity index (χ0n) is 12.5. The zero-order chi connectivity index (χ0) is 17.7. The van der Waals surface area contributed by atoms with Gasteiger partial charge in [0.15, 0.2) is 10.8 Å². The van der Waals surface area contributed by atoms with Crippen LogP contribution >= 0.6 is 11.3 Å². The number of carbonyl (C=O) groups excluding carboxylic acids is 1. The Bertz CT molecular complexity index is 729. The van der Waals surface area contributed by atoms with Gasteiger partial charge in [0.1, 0.15) is 23.9 Å². The van der Waals surface area contributed by atoms with Gasteiger partial charge in [0.2, 0.25) is 0 Å². The summed E-state index contributed by atoms with van der Waals surface area (Å²) in [4.78, 5) is 31.8. The summed E-state index contributed by atoms with van der Waals surface area (Å²) in [6.45, 7) is -0.0571. The van der Waals surface area contributed by atoms with Gasteiger partial charge in [-0.15, -0.1) is 11.3 Å². The minimum Gasteiger partial charge on any atom is -0.477 e. The summed E-state index contributed by atoms with van der Waals surface area (Å²) in [6, 6.07) is 0. The lowest BCUT2D eigenvalue weighted by Crippen LogP contribution is -2.48. The number of nitrogens with zero attached hydrogens (tertiary/aromatic N) is 2. The summed E-state index contributed by atoms with van der Waals surface area (Å²) in [7, 11) is -0.0768. The number of aromatic nitrogens is 1. The first-order valence-electron chi connectivity index (χ1n) is 6.60. The highest BCUT2D eigenvalue weighted by molar-refractivity contribution is 7.85. The van der Waals surface area contributed by atoms with Gasteiger partial charge in [0, 0.05) is 21.9 Å². The molecule has 5 N–H and O–H groups in total. The van der Waals surface area contributed by atoms with E-state index >= 15 is 0 Å². The van der Waals surface area contributed by atoms with Crippen molar-refractivity contribution < 1.29 is 23.7 Å². The van der Waals surface area contributed by atoms with Crippen LogP contribution in [0.5, 0.6) is 0 Å². The van der Waals surface area contributed by atoms with E-state index in [4.69, 9.17) is 10.8 Å². The average molecular weight is 373 g/mol. The molecule has 0 bridgehead atoms. The Morgan fingerprint density at radius 2 is 2.42 bits per heavy atom. The summed E-state index contributed by atoms with van der Waals surface area (Å²) >= 11 is 1.14. The molecule has 24 heavy (non-hydrogen) atoms. The summed E-state index contributed by atoms with van der Waals surface area (Å²) in [6.07, 6.45) is 1.34. The van der Waals surface area contributed by atoms with Gasteiger partial charge in [0.05, 0.1) is 6.54 Å². The maximum atomic E-state index is 12.3. The molecule has 0 saturated heterocycles. The molecule has 2 heterocycles. The number of carboxylic acids is 1. The number of rotatable bonds is 6. The molecule has 2 atom stereocenters. The van der Waals surface area contributed by atoms with Gasteiger partial charge in [0.25, 0.3) is 5.91 Å². The van der Waals surface area contributed by atoms with Crippen molar-refractivity contribution in [3.63, 3.8) is 0 Å². The third-order valence-electron chi connectivity index (χ3n) is 2.93. The quantitative estimate of drug-likeness (QED) is 0.359. The fourth-order valence-corrected chi connectivity index (χ4v) is 3.47. The van der Waals surface area contributed by atoms with Gasteiger partial charge in [-0.3, -0.25) is 9.00 Å². The molecule has 0 fully saturated rings. The molecule has 0 spiro atoms. The lowest BCUT2D eigenvalue weighted by atomic mass is 10.3. The smallest absolute Gasteiger partial charge is 0.351 e. The molecule has 2 rings (SSSR count). The molecule has 1 aliphatic heterocycles. The number of aliphatic carboxylic acids is 1. The van der Waals surface area contributed by atoms with Crippen LogP contribution in [0.3, 0.4) is 0 Å². The summed E-state index contributed by atoms with van der Waals surface area (Å²) < 4.78 is 11.9. The zero-order valence-corrected chi connectivity index (χ0v) is 14.1. The SMILES string of the molecule is CO/N=C(\C(=O)NC[C@@H]1NC(C(=O)O)=CCS1=O)c1csc(N)n1. The number of hydrogen-bond acceptors (Lipinski definition) is 9. The number of hydrogen-bond donors (Lipinski definition) is 4. The number of carboxylic acid groups (broad SMARTS) is 1. The van der Waals surface area contributed by atoms with Crippen LogP contribution in [0, 0.1) is 0 Å². The number of nitrogens with one attached hydrogen (secondary N) is 2. The van der Waals surface area contributed by atoms with E-state index in [1.165, 1.54) is 13.2 Å². The molecule has 1 aromatic rings. The van der Waals surface area contributed by atoms with Crippen LogP contribution in [0.2, 0.25) is 0 Å². The van der Waals surface area contributed by atoms with Gasteiger partial charge in [-0.05, 0) is 6.08 Å². The standard InChI is InChI=1S/C12H15N5O5S2/c1-22-17-9(7-5-23-12(13)16-7)10(18)14-4-8-15-6(11(19)20)2-3-24(8)21/h2,5,8,15H,3-4H2,1H3,(H2,13,16)(H,14,18)(H,19,20)/b17-9-/t8-,24?/m1/s1. The third kappa shape index (κ3) is 4.29. The Morgan fingerprint density at radius 1 is 1.67 bits per heavy atom. The van der Waals surface area contributed by atoms with Gasteiger partial charge in [-0.25, -0.2) is 9.78 Å². The van der Waals surface area contributed by atoms with Crippen molar-refractivity contribution in [3.05, 3.63) is 22.8 Å². The number of thiazole rings is 1. The second-order valence-corrected chi connectivity index (χ2v) is 7.06. The fraction of sp³-hybridized carbons (Fsp3) is 0.333. The monoisotopic (exact) mass is 373 g/mol. The maximum Gasteiger partial charge on any atom is 0.351 e. The van der Waals surface area contributed by atoms with Crippen molar-refractivity contribution in [2.75, 3.05) is 25.1 Å². The first-order valence-corrected chi connectivity index (χ1v) is 8.86. The second kappa shape index (κ2) is 7.88. The fourth-order valence-electron chi connectivity index (χ4n) is 1.83. The summed E-state index contributed by atoms with van der Waals surface area (Å²) in [5.41, 5.74) is 5.65. The van der Waals surface area contributed by atoms with Crippen LogP contribution < -0.4 is 16.4 Å². The molecule has 0 aromatic carbocycles. The van der Waals surface area contributed by atoms with E-state index in [1.807, 2.05) is 0 Å². The van der Waals surface area contributed by atoms with E-state index in [0.29, 0.717) is 0 Å². The van der Waals surface area contributed by atoms with Gasteiger partial charge in [-0.2, -0.15) is 0 Å². The molecule has 1 unspecified atom stereocenters. The van der Waals surface area contributed by atoms with Gasteiger partial charge < -0.3 is 26.3 Å². The number of anilines is 1. The molecular weight excluding hydrogens is 358 g/mol. The van der Waals surface area contributed by atoms with E-state index in [1.54, 1.807) is 5.38 Å². The van der Waals surface area contributed by atoms with Crippen molar-refractivity contribution in [2.45, 2.75) is 5.37 Å². The molecule has 1 aliphatic rings. The van der Waals surface area contributed by atoms with Crippen molar-refractivity contribution in [1.82, 2.24) is 15.6 Å². The molecule has 0 radical (unpaired) electrons. The van der Waals surface area contributed by atoms with E-state index in [-0.39, 0.29) is 34.5 Å². The number of amides is 1. The van der Waals surface area contributed by atoms with Crippen molar-refractivity contribution in [2.24, 2.45) is 5.16 Å². The van der Waals surface area contributed by atoms with Crippen LogP contribution in [0.25, 0.3) is 0 Å². The molecule has 1 amide bonds. The minimum atomic E-state index is -1.36. The summed E-state index contributed by atoms with van der Waals surface area (Å²) in [5, 5.41) is 18.8. The molecular formula is C12H15N5O5S2. The molecule has 130 valence electrons. The topological polar surface area (TPSA) is 156 Å². The Hall–Kier alpha value is -2.47. The van der Waals surface area contributed by atoms with E-state index in [9.17, 15) is 13.8 Å². The Morgan fingerprint density at radius 3 is 3.00 bits per heavy atom. The first kappa shape index (κ1) is 17.9. The minimum absolute atomic E-state index is 0.0492. The van der Waals surface area contributed by atoms with Crippen LogP contribution in [0.15, 0.2) is 22.3 Å². The largest absolute Gasteiger partial charge is 0.477 e. The second-order valence-electron chi connectivity index (χ2n) is 4.51. The lowest BCUT2D eigenvalue weighted by Gasteiger charge is -2.23. The van der Waals surface area contributed by atoms with Crippen molar-refractivity contribution >= 4 is 44.9 Å². The highest BCUT2D eigenvalue weighted by Gasteiger charge is 2.26. The van der Waals surface area contributed by atoms with E-state index in [2.05, 4.69) is 25.6 Å². The predicted molar refractivity (Wildman–Crippen MR) is 88.7 cm³/mol. The number of oxime groups is 1. The molecule has 10 nitrogen and oxygen atoms in total.